The molecule has 20 heavy (non-hydrogen) atoms. The Morgan fingerprint density at radius 2 is 1.20 bits per heavy atom. The summed E-state index contributed by atoms with van der Waals surface area (Å²) in [5, 5.41) is 0. The average molecular weight is 290 g/mol. The first-order chi connectivity index (χ1) is 8.96. The normalized spacial score (nSPS) is 12.4. The van der Waals surface area contributed by atoms with Crippen molar-refractivity contribution in [2.24, 2.45) is 5.92 Å². The molecule has 0 aliphatic rings. The van der Waals surface area contributed by atoms with E-state index in [1.165, 1.54) is 0 Å². The molecule has 6 nitrogen and oxygen atoms in total. The van der Waals surface area contributed by atoms with Gasteiger partial charge in [0.15, 0.2) is 5.92 Å². The minimum Gasteiger partial charge on any atom is -0.297 e. The molecule has 0 saturated heterocycles. The summed E-state index contributed by atoms with van der Waals surface area (Å²) < 4.78 is 0. The Hall–Kier alpha value is -1.14. The Morgan fingerprint density at radius 1 is 0.850 bits per heavy atom. The van der Waals surface area contributed by atoms with Crippen molar-refractivity contribution in [1.82, 2.24) is 0 Å². The molecular weight excluding hydrogens is 264 g/mol. The average Bonchev–Trinajstić information content (AvgIpc) is 2.28. The zero-order valence-electron chi connectivity index (χ0n) is 13.4. The third-order valence-corrected chi connectivity index (χ3v) is 1.89. The highest BCUT2D eigenvalue weighted by Crippen LogP contribution is 2.16. The lowest BCUT2D eigenvalue weighted by molar-refractivity contribution is -0.334. The fourth-order valence-corrected chi connectivity index (χ4v) is 1.07. The standard InChI is InChI=1S/C14H26O6/c1-8-9-10(11(15)17-19-13(2,3)4)12(16)18-20-14(5,6)7/h10H,8-9H2,1-7H3. The van der Waals surface area contributed by atoms with Crippen molar-refractivity contribution < 1.29 is 29.1 Å². The molecule has 0 atom stereocenters. The van der Waals surface area contributed by atoms with E-state index < -0.39 is 29.1 Å². The van der Waals surface area contributed by atoms with Crippen LogP contribution in [0, 0.1) is 5.92 Å². The third-order valence-electron chi connectivity index (χ3n) is 1.89. The predicted molar refractivity (Wildman–Crippen MR) is 72.3 cm³/mol. The van der Waals surface area contributed by atoms with E-state index in [0.29, 0.717) is 12.8 Å². The maximum atomic E-state index is 11.8. The quantitative estimate of drug-likeness (QED) is 0.425. The molecule has 0 fully saturated rings. The highest BCUT2D eigenvalue weighted by atomic mass is 17.2. The maximum absolute atomic E-state index is 11.8. The van der Waals surface area contributed by atoms with Crippen LogP contribution in [0.1, 0.15) is 61.3 Å². The van der Waals surface area contributed by atoms with E-state index in [9.17, 15) is 9.59 Å². The number of hydrogen-bond acceptors (Lipinski definition) is 6. The van der Waals surface area contributed by atoms with Crippen molar-refractivity contribution >= 4 is 11.9 Å². The van der Waals surface area contributed by atoms with E-state index in [2.05, 4.69) is 9.78 Å². The number of rotatable bonds is 6. The summed E-state index contributed by atoms with van der Waals surface area (Å²) in [7, 11) is 0. The predicted octanol–water partition coefficient (Wildman–Crippen LogP) is 2.95. The fraction of sp³-hybridized carbons (Fsp3) is 0.857. The van der Waals surface area contributed by atoms with Crippen LogP contribution in [0.2, 0.25) is 0 Å². The Balaban J connectivity index is 4.54. The number of carbonyl (C=O) groups is 2. The number of hydrogen-bond donors (Lipinski definition) is 0. The van der Waals surface area contributed by atoms with Crippen molar-refractivity contribution in [2.75, 3.05) is 0 Å². The van der Waals surface area contributed by atoms with E-state index in [-0.39, 0.29) is 0 Å². The first kappa shape index (κ1) is 18.9. The van der Waals surface area contributed by atoms with E-state index in [1.54, 1.807) is 41.5 Å². The summed E-state index contributed by atoms with van der Waals surface area (Å²) in [5.41, 5.74) is -1.28. The van der Waals surface area contributed by atoms with Gasteiger partial charge < -0.3 is 0 Å². The smallest absolute Gasteiger partial charge is 0.297 e. The van der Waals surface area contributed by atoms with Gasteiger partial charge in [0.2, 0.25) is 0 Å². The molecular formula is C14H26O6. The molecule has 0 saturated carbocycles. The zero-order valence-corrected chi connectivity index (χ0v) is 13.4. The van der Waals surface area contributed by atoms with Gasteiger partial charge in [0.25, 0.3) is 0 Å². The summed E-state index contributed by atoms with van der Waals surface area (Å²) in [6, 6.07) is 0. The second kappa shape index (κ2) is 7.59. The van der Waals surface area contributed by atoms with Gasteiger partial charge in [0, 0.05) is 0 Å². The lowest BCUT2D eigenvalue weighted by Gasteiger charge is -2.21. The molecule has 0 rings (SSSR count). The third kappa shape index (κ3) is 8.87. The van der Waals surface area contributed by atoms with Gasteiger partial charge >= 0.3 is 11.9 Å². The highest BCUT2D eigenvalue weighted by Gasteiger charge is 2.33. The molecule has 6 heteroatoms. The minimum atomic E-state index is -1.05. The minimum absolute atomic E-state index is 0.304. The first-order valence-electron chi connectivity index (χ1n) is 6.75. The van der Waals surface area contributed by atoms with Gasteiger partial charge in [-0.15, -0.1) is 0 Å². The van der Waals surface area contributed by atoms with Crippen LogP contribution in [0.5, 0.6) is 0 Å². The Morgan fingerprint density at radius 3 is 1.45 bits per heavy atom. The zero-order chi connectivity index (χ0) is 16.0. The second-order valence-electron chi connectivity index (χ2n) is 6.54. The van der Waals surface area contributed by atoms with Crippen molar-refractivity contribution in [3.63, 3.8) is 0 Å². The number of carbonyl (C=O) groups excluding carboxylic acids is 2. The Kier molecular flexibility index (Phi) is 7.16. The molecule has 0 aromatic rings. The molecule has 0 spiro atoms. The second-order valence-corrected chi connectivity index (χ2v) is 6.54. The molecule has 0 radical (unpaired) electrons. The SMILES string of the molecule is CCCC(C(=O)OOC(C)(C)C)C(=O)OOC(C)(C)C. The van der Waals surface area contributed by atoms with Gasteiger partial charge in [0.05, 0.1) is 0 Å². The van der Waals surface area contributed by atoms with E-state index in [1.807, 2.05) is 6.92 Å². The van der Waals surface area contributed by atoms with Gasteiger partial charge in [-0.25, -0.2) is 9.59 Å². The maximum Gasteiger partial charge on any atom is 0.356 e. The Labute approximate surface area is 120 Å². The van der Waals surface area contributed by atoms with Crippen LogP contribution in [-0.2, 0) is 29.1 Å². The molecule has 0 N–H and O–H groups in total. The fourth-order valence-electron chi connectivity index (χ4n) is 1.07. The molecule has 118 valence electrons. The summed E-state index contributed by atoms with van der Waals surface area (Å²) >= 11 is 0. The van der Waals surface area contributed by atoms with Crippen molar-refractivity contribution in [2.45, 2.75) is 72.5 Å². The van der Waals surface area contributed by atoms with E-state index >= 15 is 0 Å². The molecule has 0 aliphatic heterocycles. The largest absolute Gasteiger partial charge is 0.356 e. The lowest BCUT2D eigenvalue weighted by atomic mass is 10.1. The first-order valence-corrected chi connectivity index (χ1v) is 6.75. The van der Waals surface area contributed by atoms with Gasteiger partial charge in [-0.05, 0) is 48.0 Å². The van der Waals surface area contributed by atoms with Crippen LogP contribution >= 0.6 is 0 Å². The summed E-state index contributed by atoms with van der Waals surface area (Å²) in [6.45, 7) is 12.2. The summed E-state index contributed by atoms with van der Waals surface area (Å²) in [4.78, 5) is 42.9. The summed E-state index contributed by atoms with van der Waals surface area (Å²) in [6.07, 6.45) is 0.929. The van der Waals surface area contributed by atoms with E-state index in [0.717, 1.165) is 0 Å². The van der Waals surface area contributed by atoms with Crippen molar-refractivity contribution in [1.29, 1.82) is 0 Å². The van der Waals surface area contributed by atoms with E-state index in [4.69, 9.17) is 9.78 Å². The topological polar surface area (TPSA) is 71.1 Å². The monoisotopic (exact) mass is 290 g/mol. The molecule has 0 bridgehead atoms. The molecule has 0 aliphatic carbocycles. The van der Waals surface area contributed by atoms with Crippen LogP contribution in [0.4, 0.5) is 0 Å². The van der Waals surface area contributed by atoms with Crippen molar-refractivity contribution in [3.05, 3.63) is 0 Å². The van der Waals surface area contributed by atoms with Crippen molar-refractivity contribution in [3.8, 4) is 0 Å². The molecule has 0 aromatic carbocycles. The Bertz CT molecular complexity index is 294. The summed E-state index contributed by atoms with van der Waals surface area (Å²) in [5.74, 6) is -2.60. The van der Waals surface area contributed by atoms with Crippen LogP contribution in [0.15, 0.2) is 0 Å². The molecule has 0 heterocycles. The van der Waals surface area contributed by atoms with Crippen LogP contribution in [-0.4, -0.2) is 23.1 Å². The van der Waals surface area contributed by atoms with Crippen LogP contribution in [0.25, 0.3) is 0 Å². The molecule has 0 aromatic heterocycles. The van der Waals surface area contributed by atoms with Gasteiger partial charge in [-0.2, -0.15) is 9.78 Å². The van der Waals surface area contributed by atoms with Gasteiger partial charge in [0.1, 0.15) is 11.2 Å². The lowest BCUT2D eigenvalue weighted by Crippen LogP contribution is -2.32. The van der Waals surface area contributed by atoms with Crippen LogP contribution < -0.4 is 0 Å². The van der Waals surface area contributed by atoms with Gasteiger partial charge in [-0.1, -0.05) is 13.3 Å². The van der Waals surface area contributed by atoms with Gasteiger partial charge in [-0.3, -0.25) is 9.78 Å². The highest BCUT2D eigenvalue weighted by molar-refractivity contribution is 5.94. The molecule has 0 amide bonds. The molecule has 0 unspecified atom stereocenters. The van der Waals surface area contributed by atoms with Crippen LogP contribution in [0.3, 0.4) is 0 Å².